The van der Waals surface area contributed by atoms with Crippen molar-refractivity contribution in [1.82, 2.24) is 4.90 Å². The van der Waals surface area contributed by atoms with E-state index >= 15 is 0 Å². The summed E-state index contributed by atoms with van der Waals surface area (Å²) in [5.41, 5.74) is 6.41. The number of rotatable bonds is 2. The maximum Gasteiger partial charge on any atom is 0.239 e. The third-order valence-corrected chi connectivity index (χ3v) is 2.99. The van der Waals surface area contributed by atoms with E-state index in [0.717, 1.165) is 5.56 Å². The standard InChI is InChI=1S/C11H12ClFN2O/c12-8-5-7(1-2-9(8)13)6-15-4-3-10(14)11(15)16/h1-2,5,10H,3-4,6,14H2/t10-/m0/s1. The van der Waals surface area contributed by atoms with E-state index < -0.39 is 11.9 Å². The van der Waals surface area contributed by atoms with Crippen LogP contribution >= 0.6 is 11.6 Å². The molecule has 16 heavy (non-hydrogen) atoms. The Kier molecular flexibility index (Phi) is 3.12. The molecule has 0 radical (unpaired) electrons. The number of carbonyl (C=O) groups is 1. The van der Waals surface area contributed by atoms with Gasteiger partial charge in [-0.15, -0.1) is 0 Å². The molecule has 0 aliphatic carbocycles. The molecule has 2 N–H and O–H groups in total. The maximum absolute atomic E-state index is 12.9. The highest BCUT2D eigenvalue weighted by Crippen LogP contribution is 2.19. The van der Waals surface area contributed by atoms with E-state index in [1.165, 1.54) is 12.1 Å². The fourth-order valence-electron chi connectivity index (χ4n) is 1.78. The van der Waals surface area contributed by atoms with Crippen LogP contribution in [-0.4, -0.2) is 23.4 Å². The number of nitrogens with zero attached hydrogens (tertiary/aromatic N) is 1. The first-order valence-electron chi connectivity index (χ1n) is 5.06. The Morgan fingerprint density at radius 1 is 1.56 bits per heavy atom. The normalized spacial score (nSPS) is 20.6. The molecule has 1 amide bonds. The number of likely N-dealkylation sites (tertiary alicyclic amines) is 1. The summed E-state index contributed by atoms with van der Waals surface area (Å²) in [6.45, 7) is 1.08. The molecule has 5 heteroatoms. The number of benzene rings is 1. The zero-order valence-corrected chi connectivity index (χ0v) is 9.38. The van der Waals surface area contributed by atoms with Gasteiger partial charge < -0.3 is 10.6 Å². The van der Waals surface area contributed by atoms with E-state index in [9.17, 15) is 9.18 Å². The fraction of sp³-hybridized carbons (Fsp3) is 0.364. The number of halogens is 2. The highest BCUT2D eigenvalue weighted by atomic mass is 35.5. The van der Waals surface area contributed by atoms with Crippen LogP contribution in [0.25, 0.3) is 0 Å². The largest absolute Gasteiger partial charge is 0.337 e. The van der Waals surface area contributed by atoms with Gasteiger partial charge in [0, 0.05) is 13.1 Å². The van der Waals surface area contributed by atoms with Crippen LogP contribution in [0.15, 0.2) is 18.2 Å². The van der Waals surface area contributed by atoms with Crippen molar-refractivity contribution in [1.29, 1.82) is 0 Å². The second-order valence-corrected chi connectivity index (χ2v) is 4.31. The van der Waals surface area contributed by atoms with Gasteiger partial charge in [0.1, 0.15) is 5.82 Å². The van der Waals surface area contributed by atoms with E-state index in [1.54, 1.807) is 11.0 Å². The summed E-state index contributed by atoms with van der Waals surface area (Å²) in [5, 5.41) is 0.0773. The van der Waals surface area contributed by atoms with Crippen molar-refractivity contribution in [2.75, 3.05) is 6.54 Å². The van der Waals surface area contributed by atoms with E-state index in [1.807, 2.05) is 0 Å². The molecule has 1 atom stereocenters. The average molecular weight is 243 g/mol. The molecule has 1 aliphatic rings. The molecule has 1 aromatic carbocycles. The molecule has 0 spiro atoms. The van der Waals surface area contributed by atoms with Crippen molar-refractivity contribution in [3.05, 3.63) is 34.6 Å². The minimum absolute atomic E-state index is 0.0551. The van der Waals surface area contributed by atoms with Crippen molar-refractivity contribution in [2.24, 2.45) is 5.73 Å². The monoisotopic (exact) mass is 242 g/mol. The highest BCUT2D eigenvalue weighted by molar-refractivity contribution is 6.30. The number of hydrogen-bond donors (Lipinski definition) is 1. The van der Waals surface area contributed by atoms with Gasteiger partial charge in [0.15, 0.2) is 0 Å². The third kappa shape index (κ3) is 2.18. The molecule has 86 valence electrons. The van der Waals surface area contributed by atoms with Crippen LogP contribution in [0.5, 0.6) is 0 Å². The van der Waals surface area contributed by atoms with Crippen LogP contribution in [0.1, 0.15) is 12.0 Å². The summed E-state index contributed by atoms with van der Waals surface area (Å²) in [4.78, 5) is 13.2. The topological polar surface area (TPSA) is 46.3 Å². The van der Waals surface area contributed by atoms with Gasteiger partial charge in [0.05, 0.1) is 11.1 Å². The van der Waals surface area contributed by atoms with E-state index in [2.05, 4.69) is 0 Å². The maximum atomic E-state index is 12.9. The molecule has 1 fully saturated rings. The molecule has 1 aromatic rings. The molecule has 3 nitrogen and oxygen atoms in total. The Morgan fingerprint density at radius 2 is 2.31 bits per heavy atom. The van der Waals surface area contributed by atoms with Crippen LogP contribution in [0, 0.1) is 5.82 Å². The van der Waals surface area contributed by atoms with Crippen molar-refractivity contribution in [3.63, 3.8) is 0 Å². The average Bonchev–Trinajstić information content (AvgIpc) is 2.55. The summed E-state index contributed by atoms with van der Waals surface area (Å²) in [6.07, 6.45) is 0.674. The third-order valence-electron chi connectivity index (χ3n) is 2.70. The minimum Gasteiger partial charge on any atom is -0.337 e. The van der Waals surface area contributed by atoms with Crippen LogP contribution in [-0.2, 0) is 11.3 Å². The number of hydrogen-bond acceptors (Lipinski definition) is 2. The van der Waals surface area contributed by atoms with Gasteiger partial charge in [-0.25, -0.2) is 4.39 Å². The molecule has 0 unspecified atom stereocenters. The summed E-state index contributed by atoms with van der Waals surface area (Å²) in [6, 6.07) is 4.07. The molecule has 0 saturated carbocycles. The van der Waals surface area contributed by atoms with E-state index in [0.29, 0.717) is 19.5 Å². The van der Waals surface area contributed by atoms with Gasteiger partial charge in [0.25, 0.3) is 0 Å². The zero-order chi connectivity index (χ0) is 11.7. The van der Waals surface area contributed by atoms with Gasteiger partial charge in [-0.05, 0) is 24.1 Å². The van der Waals surface area contributed by atoms with Gasteiger partial charge >= 0.3 is 0 Å². The number of amides is 1. The molecule has 1 aliphatic heterocycles. The second kappa shape index (κ2) is 4.39. The lowest BCUT2D eigenvalue weighted by Gasteiger charge is -2.16. The van der Waals surface area contributed by atoms with E-state index in [4.69, 9.17) is 17.3 Å². The first-order valence-corrected chi connectivity index (χ1v) is 5.44. The first kappa shape index (κ1) is 11.4. The smallest absolute Gasteiger partial charge is 0.239 e. The molecule has 0 aromatic heterocycles. The van der Waals surface area contributed by atoms with Crippen LogP contribution in [0.4, 0.5) is 4.39 Å². The molecule has 1 saturated heterocycles. The predicted molar refractivity (Wildman–Crippen MR) is 59.4 cm³/mol. The van der Waals surface area contributed by atoms with Crippen molar-refractivity contribution in [3.8, 4) is 0 Å². The highest BCUT2D eigenvalue weighted by Gasteiger charge is 2.28. The lowest BCUT2D eigenvalue weighted by atomic mass is 10.2. The molecule has 0 bridgehead atoms. The Hall–Kier alpha value is -1.13. The molecule has 1 heterocycles. The van der Waals surface area contributed by atoms with Gasteiger partial charge in [-0.3, -0.25) is 4.79 Å². The van der Waals surface area contributed by atoms with Crippen molar-refractivity contribution < 1.29 is 9.18 Å². The molecular formula is C11H12ClFN2O. The molecular weight excluding hydrogens is 231 g/mol. The Balaban J connectivity index is 2.10. The summed E-state index contributed by atoms with van der Waals surface area (Å²) < 4.78 is 12.9. The summed E-state index contributed by atoms with van der Waals surface area (Å²) >= 11 is 5.66. The van der Waals surface area contributed by atoms with Crippen LogP contribution < -0.4 is 5.73 Å². The van der Waals surface area contributed by atoms with Crippen molar-refractivity contribution in [2.45, 2.75) is 19.0 Å². The zero-order valence-electron chi connectivity index (χ0n) is 8.62. The predicted octanol–water partition coefficient (Wildman–Crippen LogP) is 1.54. The SMILES string of the molecule is N[C@H]1CCN(Cc2ccc(F)c(Cl)c2)C1=O. The lowest BCUT2D eigenvalue weighted by molar-refractivity contribution is -0.129. The van der Waals surface area contributed by atoms with Gasteiger partial charge in [-0.1, -0.05) is 17.7 Å². The number of carbonyl (C=O) groups excluding carboxylic acids is 1. The Labute approximate surface area is 98.0 Å². The summed E-state index contributed by atoms with van der Waals surface area (Å²) in [7, 11) is 0. The van der Waals surface area contributed by atoms with Crippen LogP contribution in [0.2, 0.25) is 5.02 Å². The van der Waals surface area contributed by atoms with E-state index in [-0.39, 0.29) is 10.9 Å². The second-order valence-electron chi connectivity index (χ2n) is 3.90. The number of nitrogens with two attached hydrogens (primary N) is 1. The minimum atomic E-state index is -0.449. The first-order chi connectivity index (χ1) is 7.58. The summed E-state index contributed by atoms with van der Waals surface area (Å²) in [5.74, 6) is -0.504. The van der Waals surface area contributed by atoms with Crippen LogP contribution in [0.3, 0.4) is 0 Å². The quantitative estimate of drug-likeness (QED) is 0.855. The fourth-order valence-corrected chi connectivity index (χ4v) is 1.98. The lowest BCUT2D eigenvalue weighted by Crippen LogP contribution is -2.33. The Morgan fingerprint density at radius 3 is 2.88 bits per heavy atom. The Bertz CT molecular complexity index is 424. The van der Waals surface area contributed by atoms with Crippen molar-refractivity contribution >= 4 is 17.5 Å². The van der Waals surface area contributed by atoms with Gasteiger partial charge in [-0.2, -0.15) is 0 Å². The van der Waals surface area contributed by atoms with Gasteiger partial charge in [0.2, 0.25) is 5.91 Å². The molecule has 2 rings (SSSR count).